The number of fused-ring (bicyclic) bond motifs is 1. The maximum absolute atomic E-state index is 12.9. The highest BCUT2D eigenvalue weighted by Crippen LogP contribution is 2.35. The fourth-order valence-electron chi connectivity index (χ4n) is 4.20. The number of ether oxygens (including phenoxy) is 3. The van der Waals surface area contributed by atoms with E-state index in [-0.39, 0.29) is 11.4 Å². The Morgan fingerprint density at radius 2 is 1.71 bits per heavy atom. The van der Waals surface area contributed by atoms with Crippen molar-refractivity contribution in [3.63, 3.8) is 0 Å². The summed E-state index contributed by atoms with van der Waals surface area (Å²) >= 11 is 0.774. The second-order valence-corrected chi connectivity index (χ2v) is 9.27. The number of hydrogen-bond acceptors (Lipinski definition) is 9. The molecule has 10 heteroatoms. The minimum atomic E-state index is -0.586. The van der Waals surface area contributed by atoms with Crippen molar-refractivity contribution in [3.05, 3.63) is 52.9 Å². The van der Waals surface area contributed by atoms with Gasteiger partial charge in [-0.1, -0.05) is 6.07 Å². The summed E-state index contributed by atoms with van der Waals surface area (Å²) in [6.45, 7) is 3.75. The van der Waals surface area contributed by atoms with Crippen LogP contribution in [-0.4, -0.2) is 79.9 Å². The molecule has 0 bridgehead atoms. The molecule has 2 aromatic rings. The molecule has 3 amide bonds. The van der Waals surface area contributed by atoms with Crippen molar-refractivity contribution in [2.24, 2.45) is 0 Å². The quantitative estimate of drug-likeness (QED) is 0.581. The van der Waals surface area contributed by atoms with Crippen molar-refractivity contribution in [1.82, 2.24) is 9.80 Å². The highest BCUT2D eigenvalue weighted by Gasteiger charge is 2.40. The highest BCUT2D eigenvalue weighted by molar-refractivity contribution is 8.18. The SMILES string of the molecule is COc1ccc(N2CCN(CC(=O)N3C(=O)S/C(=C\c4ccc5c(c4)OCCO5)C3=O)CC2)cc1. The number of carbonyl (C=O) groups is 3. The van der Waals surface area contributed by atoms with Crippen molar-refractivity contribution in [1.29, 1.82) is 0 Å². The van der Waals surface area contributed by atoms with E-state index >= 15 is 0 Å². The van der Waals surface area contributed by atoms with E-state index in [1.54, 1.807) is 31.4 Å². The topological polar surface area (TPSA) is 88.6 Å². The fraction of sp³-hybridized carbons (Fsp3) is 0.320. The Labute approximate surface area is 207 Å². The summed E-state index contributed by atoms with van der Waals surface area (Å²) in [6.07, 6.45) is 1.60. The number of nitrogens with zero attached hydrogens (tertiary/aromatic N) is 3. The average molecular weight is 496 g/mol. The molecule has 0 aliphatic carbocycles. The number of imide groups is 3. The van der Waals surface area contributed by atoms with Crippen molar-refractivity contribution >= 4 is 40.6 Å². The van der Waals surface area contributed by atoms with Crippen LogP contribution in [0.25, 0.3) is 6.08 Å². The summed E-state index contributed by atoms with van der Waals surface area (Å²) in [7, 11) is 1.64. The van der Waals surface area contributed by atoms with E-state index in [1.807, 2.05) is 29.2 Å². The second kappa shape index (κ2) is 10.0. The monoisotopic (exact) mass is 495 g/mol. The van der Waals surface area contributed by atoms with Crippen LogP contribution in [0.1, 0.15) is 5.56 Å². The molecular formula is C25H25N3O6S. The van der Waals surface area contributed by atoms with Gasteiger partial charge in [0.1, 0.15) is 19.0 Å². The molecule has 0 aromatic heterocycles. The molecule has 5 rings (SSSR count). The average Bonchev–Trinajstić information content (AvgIpc) is 3.16. The molecule has 0 N–H and O–H groups in total. The Kier molecular flexibility index (Phi) is 6.65. The van der Waals surface area contributed by atoms with Crippen LogP contribution in [0.2, 0.25) is 0 Å². The molecule has 182 valence electrons. The summed E-state index contributed by atoms with van der Waals surface area (Å²) in [4.78, 5) is 43.5. The smallest absolute Gasteiger partial charge is 0.300 e. The van der Waals surface area contributed by atoms with Crippen LogP contribution in [0.5, 0.6) is 17.2 Å². The highest BCUT2D eigenvalue weighted by atomic mass is 32.2. The van der Waals surface area contributed by atoms with Gasteiger partial charge in [0.15, 0.2) is 11.5 Å². The third kappa shape index (κ3) is 4.98. The lowest BCUT2D eigenvalue weighted by atomic mass is 10.1. The third-order valence-corrected chi connectivity index (χ3v) is 6.95. The normalized spacial score (nSPS) is 19.4. The first-order chi connectivity index (χ1) is 17.0. The number of carbonyl (C=O) groups excluding carboxylic acids is 3. The molecule has 2 aromatic carbocycles. The van der Waals surface area contributed by atoms with Crippen LogP contribution in [0.3, 0.4) is 0 Å². The number of methoxy groups -OCH3 is 1. The lowest BCUT2D eigenvalue weighted by Gasteiger charge is -2.36. The largest absolute Gasteiger partial charge is 0.497 e. The lowest BCUT2D eigenvalue weighted by molar-refractivity contribution is -0.138. The zero-order chi connectivity index (χ0) is 24.4. The molecule has 0 spiro atoms. The van der Waals surface area contributed by atoms with Gasteiger partial charge in [0, 0.05) is 31.9 Å². The Balaban J connectivity index is 1.19. The van der Waals surface area contributed by atoms with Gasteiger partial charge in [-0.15, -0.1) is 0 Å². The van der Waals surface area contributed by atoms with Crippen LogP contribution >= 0.6 is 11.8 Å². The molecule has 9 nitrogen and oxygen atoms in total. The summed E-state index contributed by atoms with van der Waals surface area (Å²) < 4.78 is 16.3. The van der Waals surface area contributed by atoms with Crippen molar-refractivity contribution in [2.75, 3.05) is 57.9 Å². The molecule has 0 radical (unpaired) electrons. The molecule has 0 unspecified atom stereocenters. The van der Waals surface area contributed by atoms with Gasteiger partial charge in [0.2, 0.25) is 0 Å². The number of thioether (sulfide) groups is 1. The first-order valence-corrected chi connectivity index (χ1v) is 12.2. The van der Waals surface area contributed by atoms with E-state index in [0.717, 1.165) is 41.2 Å². The van der Waals surface area contributed by atoms with E-state index in [1.165, 1.54) is 0 Å². The van der Waals surface area contributed by atoms with E-state index in [9.17, 15) is 14.4 Å². The van der Waals surface area contributed by atoms with Gasteiger partial charge in [0.05, 0.1) is 18.6 Å². The number of amides is 3. The summed E-state index contributed by atoms with van der Waals surface area (Å²) in [6, 6.07) is 13.2. The number of anilines is 1. The standard InChI is InChI=1S/C25H25N3O6S/c1-32-19-5-3-18(4-6-19)27-10-8-26(9-11-27)16-23(29)28-24(30)22(35-25(28)31)15-17-2-7-20-21(14-17)34-13-12-33-20/h2-7,14-15H,8-13,16H2,1H3/b22-15-. The molecule has 3 heterocycles. The van der Waals surface area contributed by atoms with E-state index in [2.05, 4.69) is 4.90 Å². The molecule has 0 atom stereocenters. The van der Waals surface area contributed by atoms with Crippen LogP contribution in [0.15, 0.2) is 47.4 Å². The zero-order valence-corrected chi connectivity index (χ0v) is 20.1. The zero-order valence-electron chi connectivity index (χ0n) is 19.3. The third-order valence-electron chi connectivity index (χ3n) is 6.08. The molecule has 35 heavy (non-hydrogen) atoms. The number of piperazine rings is 1. The predicted octanol–water partition coefficient (Wildman–Crippen LogP) is 2.85. The van der Waals surface area contributed by atoms with Gasteiger partial charge in [-0.2, -0.15) is 0 Å². The fourth-order valence-corrected chi connectivity index (χ4v) is 5.04. The van der Waals surface area contributed by atoms with Gasteiger partial charge in [-0.25, -0.2) is 4.90 Å². The number of rotatable bonds is 5. The maximum Gasteiger partial charge on any atom is 0.300 e. The van der Waals surface area contributed by atoms with Crippen LogP contribution < -0.4 is 19.1 Å². The van der Waals surface area contributed by atoms with E-state index in [0.29, 0.717) is 43.4 Å². The maximum atomic E-state index is 12.9. The van der Waals surface area contributed by atoms with Gasteiger partial charge in [-0.05, 0) is 59.8 Å². The molecule has 2 saturated heterocycles. The second-order valence-electron chi connectivity index (χ2n) is 8.28. The Hall–Kier alpha value is -3.50. The lowest BCUT2D eigenvalue weighted by Crippen LogP contribution is -2.50. The first-order valence-electron chi connectivity index (χ1n) is 11.3. The van der Waals surface area contributed by atoms with Gasteiger partial charge in [-0.3, -0.25) is 19.3 Å². The van der Waals surface area contributed by atoms with Gasteiger partial charge >= 0.3 is 0 Å². The summed E-state index contributed by atoms with van der Waals surface area (Å²) in [5.41, 5.74) is 1.79. The first kappa shape index (κ1) is 23.3. The van der Waals surface area contributed by atoms with E-state index < -0.39 is 17.1 Å². The van der Waals surface area contributed by atoms with Gasteiger partial charge in [0.25, 0.3) is 17.1 Å². The molecule has 2 fully saturated rings. The van der Waals surface area contributed by atoms with Crippen LogP contribution in [-0.2, 0) is 9.59 Å². The molecule has 3 aliphatic rings. The molecule has 3 aliphatic heterocycles. The Morgan fingerprint density at radius 1 is 1.00 bits per heavy atom. The number of benzene rings is 2. The van der Waals surface area contributed by atoms with Crippen molar-refractivity contribution in [3.8, 4) is 17.2 Å². The van der Waals surface area contributed by atoms with Crippen molar-refractivity contribution < 1.29 is 28.6 Å². The van der Waals surface area contributed by atoms with E-state index in [4.69, 9.17) is 14.2 Å². The van der Waals surface area contributed by atoms with Crippen molar-refractivity contribution in [2.45, 2.75) is 0 Å². The minimum absolute atomic E-state index is 0.0196. The van der Waals surface area contributed by atoms with Gasteiger partial charge < -0.3 is 19.1 Å². The van der Waals surface area contributed by atoms with Crippen LogP contribution in [0, 0.1) is 0 Å². The Morgan fingerprint density at radius 3 is 2.43 bits per heavy atom. The van der Waals surface area contributed by atoms with Crippen LogP contribution in [0.4, 0.5) is 10.5 Å². The summed E-state index contributed by atoms with van der Waals surface area (Å²) in [5.74, 6) is 0.948. The molecular weight excluding hydrogens is 470 g/mol. The minimum Gasteiger partial charge on any atom is -0.497 e. The molecule has 0 saturated carbocycles. The summed E-state index contributed by atoms with van der Waals surface area (Å²) in [5, 5.41) is -0.569. The Bertz CT molecular complexity index is 1170. The predicted molar refractivity (Wildman–Crippen MR) is 132 cm³/mol. The number of hydrogen-bond donors (Lipinski definition) is 0.